The van der Waals surface area contributed by atoms with E-state index in [0.29, 0.717) is 17.1 Å². The highest BCUT2D eigenvalue weighted by Gasteiger charge is 2.13. The molecule has 2 aromatic carbocycles. The summed E-state index contributed by atoms with van der Waals surface area (Å²) in [4.78, 5) is 8.19. The second kappa shape index (κ2) is 9.08. The van der Waals surface area contributed by atoms with Crippen LogP contribution in [-0.2, 0) is 10.0 Å². The first-order chi connectivity index (χ1) is 15.8. The van der Waals surface area contributed by atoms with E-state index in [2.05, 4.69) is 35.5 Å². The van der Waals surface area contributed by atoms with Crippen molar-refractivity contribution in [1.82, 2.24) is 24.7 Å². The molecule has 0 radical (unpaired) electrons. The van der Waals surface area contributed by atoms with Crippen LogP contribution in [0, 0.1) is 5.82 Å². The molecule has 170 valence electrons. The molecule has 0 atom stereocenters. The van der Waals surface area contributed by atoms with Crippen LogP contribution in [0.15, 0.2) is 61.3 Å². The molecule has 11 nitrogen and oxygen atoms in total. The number of rotatable bonds is 8. The standard InChI is InChI=1S/C20H19FN8O3S/c1-32-18-8-7-13(29-11-23-24-12-29)9-17(18)26-20-22-10-14(21)19(27-20)25-15-5-3-4-6-16(15)28-33(2,30)31/h3-12,28H,1-2H3,(H2,22,25,26,27). The summed E-state index contributed by atoms with van der Waals surface area (Å²) in [6, 6.07) is 11.8. The van der Waals surface area contributed by atoms with E-state index in [4.69, 9.17) is 4.74 Å². The summed E-state index contributed by atoms with van der Waals surface area (Å²) >= 11 is 0. The Morgan fingerprint density at radius 3 is 2.42 bits per heavy atom. The number of nitrogens with one attached hydrogen (secondary N) is 3. The summed E-state index contributed by atoms with van der Waals surface area (Å²) in [7, 11) is -2.02. The van der Waals surface area contributed by atoms with E-state index >= 15 is 0 Å². The van der Waals surface area contributed by atoms with Crippen LogP contribution in [0.1, 0.15) is 0 Å². The second-order valence-corrected chi connectivity index (χ2v) is 8.56. The van der Waals surface area contributed by atoms with Gasteiger partial charge < -0.3 is 15.4 Å². The Morgan fingerprint density at radius 1 is 1.00 bits per heavy atom. The third-order valence-corrected chi connectivity index (χ3v) is 4.96. The minimum absolute atomic E-state index is 0.0895. The number of ether oxygens (including phenoxy) is 1. The number of nitrogens with zero attached hydrogens (tertiary/aromatic N) is 5. The van der Waals surface area contributed by atoms with Crippen LogP contribution in [0.3, 0.4) is 0 Å². The van der Waals surface area contributed by atoms with E-state index in [0.717, 1.165) is 18.1 Å². The Bertz CT molecular complexity index is 1380. The molecule has 2 aromatic heterocycles. The molecular formula is C20H19FN8O3S. The summed E-state index contributed by atoms with van der Waals surface area (Å²) in [6.45, 7) is 0. The van der Waals surface area contributed by atoms with Gasteiger partial charge in [-0.25, -0.2) is 17.8 Å². The molecule has 0 spiro atoms. The average molecular weight is 470 g/mol. The molecule has 0 bridgehead atoms. The van der Waals surface area contributed by atoms with Gasteiger partial charge in [0, 0.05) is 0 Å². The normalized spacial score (nSPS) is 11.1. The van der Waals surface area contributed by atoms with Gasteiger partial charge in [0.15, 0.2) is 11.6 Å². The number of aromatic nitrogens is 5. The molecular weight excluding hydrogens is 451 g/mol. The maximum Gasteiger partial charge on any atom is 0.229 e. The highest BCUT2D eigenvalue weighted by atomic mass is 32.2. The monoisotopic (exact) mass is 470 g/mol. The molecule has 0 aliphatic heterocycles. The molecule has 2 heterocycles. The number of anilines is 5. The predicted molar refractivity (Wildman–Crippen MR) is 121 cm³/mol. The van der Waals surface area contributed by atoms with Gasteiger partial charge in [-0.1, -0.05) is 12.1 Å². The molecule has 13 heteroatoms. The molecule has 0 aliphatic carbocycles. The number of hydrogen-bond donors (Lipinski definition) is 3. The molecule has 4 aromatic rings. The fraction of sp³-hybridized carbons (Fsp3) is 0.100. The van der Waals surface area contributed by atoms with Crippen molar-refractivity contribution in [3.05, 3.63) is 67.1 Å². The zero-order valence-electron chi connectivity index (χ0n) is 17.5. The van der Waals surface area contributed by atoms with Crippen molar-refractivity contribution >= 4 is 38.9 Å². The maximum absolute atomic E-state index is 14.5. The molecule has 33 heavy (non-hydrogen) atoms. The van der Waals surface area contributed by atoms with Crippen LogP contribution in [0.4, 0.5) is 33.2 Å². The van der Waals surface area contributed by atoms with Crippen LogP contribution in [0.5, 0.6) is 5.75 Å². The van der Waals surface area contributed by atoms with Crippen LogP contribution >= 0.6 is 0 Å². The van der Waals surface area contributed by atoms with Gasteiger partial charge in [0.2, 0.25) is 16.0 Å². The first kappa shape index (κ1) is 22.0. The van der Waals surface area contributed by atoms with Gasteiger partial charge in [-0.3, -0.25) is 9.29 Å². The van der Waals surface area contributed by atoms with Crippen LogP contribution < -0.4 is 20.1 Å². The van der Waals surface area contributed by atoms with Crippen LogP contribution in [-0.4, -0.2) is 46.5 Å². The number of halogens is 1. The molecule has 0 saturated heterocycles. The van der Waals surface area contributed by atoms with E-state index in [1.165, 1.54) is 7.11 Å². The third kappa shape index (κ3) is 5.33. The molecule has 0 amide bonds. The topological polar surface area (TPSA) is 136 Å². The Balaban J connectivity index is 1.64. The SMILES string of the molecule is COc1ccc(-n2cnnc2)cc1Nc1ncc(F)c(Nc2ccccc2NS(C)(=O)=O)n1. The van der Waals surface area contributed by atoms with Crippen molar-refractivity contribution in [3.8, 4) is 11.4 Å². The van der Waals surface area contributed by atoms with Gasteiger partial charge in [0.05, 0.1) is 42.3 Å². The Morgan fingerprint density at radius 2 is 1.73 bits per heavy atom. The highest BCUT2D eigenvalue weighted by molar-refractivity contribution is 7.92. The fourth-order valence-electron chi connectivity index (χ4n) is 2.93. The van der Waals surface area contributed by atoms with Gasteiger partial charge in [-0.15, -0.1) is 10.2 Å². The summed E-state index contributed by atoms with van der Waals surface area (Å²) in [5, 5.41) is 13.4. The van der Waals surface area contributed by atoms with Crippen molar-refractivity contribution in [2.75, 3.05) is 28.7 Å². The quantitative estimate of drug-likeness (QED) is 0.355. The van der Waals surface area contributed by atoms with Crippen LogP contribution in [0.2, 0.25) is 0 Å². The molecule has 3 N–H and O–H groups in total. The first-order valence-corrected chi connectivity index (χ1v) is 11.4. The van der Waals surface area contributed by atoms with Gasteiger partial charge in [-0.05, 0) is 30.3 Å². The number of para-hydroxylation sites is 2. The number of hydrogen-bond acceptors (Lipinski definition) is 9. The molecule has 0 aliphatic rings. The van der Waals surface area contributed by atoms with E-state index in [-0.39, 0.29) is 17.5 Å². The Hall–Kier alpha value is -4.26. The lowest BCUT2D eigenvalue weighted by atomic mass is 10.2. The van der Waals surface area contributed by atoms with Gasteiger partial charge >= 0.3 is 0 Å². The lowest BCUT2D eigenvalue weighted by Crippen LogP contribution is -2.11. The van der Waals surface area contributed by atoms with Gasteiger partial charge in [-0.2, -0.15) is 4.98 Å². The molecule has 0 saturated carbocycles. The van der Waals surface area contributed by atoms with E-state index < -0.39 is 15.8 Å². The smallest absolute Gasteiger partial charge is 0.229 e. The van der Waals surface area contributed by atoms with Crippen molar-refractivity contribution in [1.29, 1.82) is 0 Å². The number of sulfonamides is 1. The molecule has 0 unspecified atom stereocenters. The second-order valence-electron chi connectivity index (χ2n) is 6.81. The zero-order valence-corrected chi connectivity index (χ0v) is 18.3. The fourth-order valence-corrected chi connectivity index (χ4v) is 3.51. The highest BCUT2D eigenvalue weighted by Crippen LogP contribution is 2.31. The molecule has 4 rings (SSSR count). The molecule has 0 fully saturated rings. The maximum atomic E-state index is 14.5. The van der Waals surface area contributed by atoms with Crippen molar-refractivity contribution < 1.29 is 17.5 Å². The van der Waals surface area contributed by atoms with Gasteiger partial charge in [0.25, 0.3) is 0 Å². The third-order valence-electron chi connectivity index (χ3n) is 4.37. The lowest BCUT2D eigenvalue weighted by Gasteiger charge is -2.15. The zero-order chi connectivity index (χ0) is 23.4. The Labute approximate surface area is 188 Å². The van der Waals surface area contributed by atoms with Crippen molar-refractivity contribution in [2.45, 2.75) is 0 Å². The van der Waals surface area contributed by atoms with Gasteiger partial charge in [0.1, 0.15) is 18.4 Å². The predicted octanol–water partition coefficient (Wildman–Crippen LogP) is 3.06. The van der Waals surface area contributed by atoms with Crippen molar-refractivity contribution in [2.24, 2.45) is 0 Å². The first-order valence-electron chi connectivity index (χ1n) is 9.49. The summed E-state index contributed by atoms with van der Waals surface area (Å²) in [6.07, 6.45) is 5.12. The summed E-state index contributed by atoms with van der Waals surface area (Å²) < 4.78 is 47.2. The van der Waals surface area contributed by atoms with E-state index in [1.54, 1.807) is 53.6 Å². The van der Waals surface area contributed by atoms with Crippen LogP contribution in [0.25, 0.3) is 5.69 Å². The largest absolute Gasteiger partial charge is 0.495 e. The summed E-state index contributed by atoms with van der Waals surface area (Å²) in [5.41, 5.74) is 1.85. The Kier molecular flexibility index (Phi) is 6.04. The minimum atomic E-state index is -3.54. The van der Waals surface area contributed by atoms with Crippen molar-refractivity contribution in [3.63, 3.8) is 0 Å². The average Bonchev–Trinajstić information content (AvgIpc) is 3.31. The number of benzene rings is 2. The number of methoxy groups -OCH3 is 1. The minimum Gasteiger partial charge on any atom is -0.495 e. The summed E-state index contributed by atoms with van der Waals surface area (Å²) in [5.74, 6) is -0.271. The van der Waals surface area contributed by atoms with E-state index in [9.17, 15) is 12.8 Å². The van der Waals surface area contributed by atoms with E-state index in [1.807, 2.05) is 6.07 Å². The lowest BCUT2D eigenvalue weighted by molar-refractivity contribution is 0.416.